The molecule has 19 heavy (non-hydrogen) atoms. The molecule has 0 aliphatic rings. The van der Waals surface area contributed by atoms with E-state index in [4.69, 9.17) is 21.5 Å². The van der Waals surface area contributed by atoms with Crippen molar-refractivity contribution >= 4 is 23.2 Å². The van der Waals surface area contributed by atoms with Crippen molar-refractivity contribution in [2.45, 2.75) is 6.92 Å². The number of nitriles is 1. The zero-order valence-corrected chi connectivity index (χ0v) is 9.93. The lowest BCUT2D eigenvalue weighted by atomic mass is 10.1. The van der Waals surface area contributed by atoms with Crippen molar-refractivity contribution in [1.82, 2.24) is 0 Å². The van der Waals surface area contributed by atoms with E-state index < -0.39 is 11.8 Å². The number of hydrogen-bond acceptors (Lipinski definition) is 6. The molecule has 1 aromatic carbocycles. The predicted octanol–water partition coefficient (Wildman–Crippen LogP) is 0.626. The summed E-state index contributed by atoms with van der Waals surface area (Å²) in [5.74, 6) is -1.98. The van der Waals surface area contributed by atoms with Crippen LogP contribution in [-0.2, 0) is 0 Å². The average Bonchev–Trinajstić information content (AvgIpc) is 2.33. The van der Waals surface area contributed by atoms with E-state index in [1.165, 1.54) is 6.07 Å². The molecule has 1 rings (SSSR count). The number of benzene rings is 1. The monoisotopic (exact) mass is 261 g/mol. The summed E-state index contributed by atoms with van der Waals surface area (Å²) in [5.41, 5.74) is 7.37. The molecule has 98 valence electrons. The van der Waals surface area contributed by atoms with Crippen molar-refractivity contribution < 1.29 is 15.0 Å². The van der Waals surface area contributed by atoms with Gasteiger partial charge in [-0.25, -0.2) is 4.79 Å². The molecule has 0 atom stereocenters. The summed E-state index contributed by atoms with van der Waals surface area (Å²) in [7, 11) is 0. The third-order valence-corrected chi connectivity index (χ3v) is 2.22. The molecule has 0 aromatic heterocycles. The molecule has 0 bridgehead atoms. The second-order valence-corrected chi connectivity index (χ2v) is 3.59. The maximum atomic E-state index is 11.0. The number of hydrazone groups is 1. The van der Waals surface area contributed by atoms with E-state index in [1.807, 2.05) is 0 Å². The molecule has 8 heteroatoms. The first-order valence-electron chi connectivity index (χ1n) is 5.02. The van der Waals surface area contributed by atoms with E-state index in [2.05, 4.69) is 10.5 Å². The van der Waals surface area contributed by atoms with Gasteiger partial charge in [0, 0.05) is 0 Å². The van der Waals surface area contributed by atoms with Gasteiger partial charge in [-0.05, 0) is 24.6 Å². The minimum absolute atomic E-state index is 0.0804. The van der Waals surface area contributed by atoms with Crippen molar-refractivity contribution in [3.8, 4) is 11.8 Å². The smallest absolute Gasteiger partial charge is 0.338 e. The van der Waals surface area contributed by atoms with Crippen LogP contribution in [-0.4, -0.2) is 27.7 Å². The minimum atomic E-state index is -1.27. The van der Waals surface area contributed by atoms with Gasteiger partial charge < -0.3 is 15.9 Å². The molecule has 0 heterocycles. The number of carboxylic acids is 1. The Morgan fingerprint density at radius 1 is 1.58 bits per heavy atom. The van der Waals surface area contributed by atoms with Crippen LogP contribution < -0.4 is 11.2 Å². The molecule has 8 nitrogen and oxygen atoms in total. The summed E-state index contributed by atoms with van der Waals surface area (Å²) in [4.78, 5) is 11.0. The third-order valence-electron chi connectivity index (χ3n) is 2.22. The fraction of sp³-hybridized carbons (Fsp3) is 0.0909. The SMILES string of the molecule is Cc1cc(N/N=C(\C#N)C(=N)N)c(C(=O)O)cc1O. The molecule has 0 spiro atoms. The van der Waals surface area contributed by atoms with Crippen LogP contribution >= 0.6 is 0 Å². The van der Waals surface area contributed by atoms with E-state index in [9.17, 15) is 9.90 Å². The number of phenolic OH excluding ortho intramolecular Hbond substituents is 1. The molecule has 6 N–H and O–H groups in total. The number of aryl methyl sites for hydroxylation is 1. The first kappa shape index (κ1) is 14.0. The van der Waals surface area contributed by atoms with E-state index >= 15 is 0 Å². The van der Waals surface area contributed by atoms with Crippen LogP contribution in [0.1, 0.15) is 15.9 Å². The first-order chi connectivity index (χ1) is 8.86. The van der Waals surface area contributed by atoms with E-state index in [-0.39, 0.29) is 22.7 Å². The van der Waals surface area contributed by atoms with Gasteiger partial charge in [0.2, 0.25) is 5.71 Å². The van der Waals surface area contributed by atoms with Crippen LogP contribution in [0.15, 0.2) is 17.2 Å². The van der Waals surface area contributed by atoms with Crippen LogP contribution in [0, 0.1) is 23.7 Å². The summed E-state index contributed by atoms with van der Waals surface area (Å²) >= 11 is 0. The van der Waals surface area contributed by atoms with Gasteiger partial charge in [0.1, 0.15) is 11.8 Å². The van der Waals surface area contributed by atoms with Gasteiger partial charge in [0.25, 0.3) is 0 Å². The minimum Gasteiger partial charge on any atom is -0.508 e. The Kier molecular flexibility index (Phi) is 4.05. The zero-order valence-electron chi connectivity index (χ0n) is 9.93. The number of aromatic carboxylic acids is 1. The number of phenols is 1. The third kappa shape index (κ3) is 3.19. The molecule has 1 aromatic rings. The summed E-state index contributed by atoms with van der Waals surface area (Å²) in [6.45, 7) is 1.58. The van der Waals surface area contributed by atoms with Gasteiger partial charge in [-0.2, -0.15) is 10.4 Å². The molecule has 0 fully saturated rings. The number of rotatable bonds is 4. The number of anilines is 1. The first-order valence-corrected chi connectivity index (χ1v) is 5.02. The van der Waals surface area contributed by atoms with Crippen molar-refractivity contribution in [2.75, 3.05) is 5.43 Å². The van der Waals surface area contributed by atoms with Crippen LogP contribution in [0.5, 0.6) is 5.75 Å². The number of nitrogens with one attached hydrogen (secondary N) is 2. The van der Waals surface area contributed by atoms with Crippen LogP contribution in [0.4, 0.5) is 5.69 Å². The summed E-state index contributed by atoms with van der Waals surface area (Å²) in [6, 6.07) is 4.01. The molecule has 0 saturated carbocycles. The van der Waals surface area contributed by atoms with Crippen LogP contribution in [0.2, 0.25) is 0 Å². The van der Waals surface area contributed by atoms with Crippen molar-refractivity contribution in [3.63, 3.8) is 0 Å². The Bertz CT molecular complexity index is 615. The second kappa shape index (κ2) is 5.50. The van der Waals surface area contributed by atoms with Gasteiger partial charge in [0.15, 0.2) is 5.84 Å². The maximum absolute atomic E-state index is 11.0. The lowest BCUT2D eigenvalue weighted by molar-refractivity contribution is 0.0697. The topological polar surface area (TPSA) is 156 Å². The molecule has 0 aliphatic heterocycles. The number of aromatic hydroxyl groups is 1. The number of amidine groups is 1. The number of carbonyl (C=O) groups is 1. The Morgan fingerprint density at radius 3 is 2.68 bits per heavy atom. The number of carboxylic acid groups (broad SMARTS) is 1. The quantitative estimate of drug-likeness (QED) is 0.231. The Morgan fingerprint density at radius 2 is 2.21 bits per heavy atom. The molecule has 0 unspecified atom stereocenters. The van der Waals surface area contributed by atoms with E-state index in [0.29, 0.717) is 5.56 Å². The summed E-state index contributed by atoms with van der Waals surface area (Å²) < 4.78 is 0. The summed E-state index contributed by atoms with van der Waals surface area (Å²) in [6.07, 6.45) is 0. The molecule has 0 radical (unpaired) electrons. The normalized spacial score (nSPS) is 10.6. The van der Waals surface area contributed by atoms with Crippen LogP contribution in [0.25, 0.3) is 0 Å². The number of hydrogen-bond donors (Lipinski definition) is 5. The highest BCUT2D eigenvalue weighted by Crippen LogP contribution is 2.25. The Balaban J connectivity index is 3.21. The standard InChI is InChI=1S/C11H11N5O3/c1-5-2-7(6(11(18)19)3-9(5)17)15-16-8(4-12)10(13)14/h2-3,15,17H,1H3,(H3,13,14)(H,18,19)/b16-8+. The molecule has 0 aliphatic carbocycles. The van der Waals surface area contributed by atoms with Gasteiger partial charge in [0.05, 0.1) is 11.3 Å². The maximum Gasteiger partial charge on any atom is 0.338 e. The Labute approximate surface area is 108 Å². The van der Waals surface area contributed by atoms with Crippen molar-refractivity contribution in [3.05, 3.63) is 23.3 Å². The predicted molar refractivity (Wildman–Crippen MR) is 68.4 cm³/mol. The lowest BCUT2D eigenvalue weighted by Gasteiger charge is -2.08. The largest absolute Gasteiger partial charge is 0.508 e. The summed E-state index contributed by atoms with van der Waals surface area (Å²) in [5, 5.41) is 37.7. The highest BCUT2D eigenvalue weighted by atomic mass is 16.4. The fourth-order valence-corrected chi connectivity index (χ4v) is 1.23. The molecular weight excluding hydrogens is 250 g/mol. The van der Waals surface area contributed by atoms with Crippen molar-refractivity contribution in [1.29, 1.82) is 10.7 Å². The van der Waals surface area contributed by atoms with Gasteiger partial charge in [-0.3, -0.25) is 10.8 Å². The molecule has 0 amide bonds. The Hall–Kier alpha value is -3.08. The number of nitrogens with two attached hydrogens (primary N) is 1. The lowest BCUT2D eigenvalue weighted by Crippen LogP contribution is -2.22. The molecular formula is C11H11N5O3. The highest BCUT2D eigenvalue weighted by Gasteiger charge is 2.13. The van der Waals surface area contributed by atoms with Crippen LogP contribution in [0.3, 0.4) is 0 Å². The van der Waals surface area contributed by atoms with E-state index in [1.54, 1.807) is 13.0 Å². The zero-order chi connectivity index (χ0) is 14.6. The average molecular weight is 261 g/mol. The molecule has 0 saturated heterocycles. The van der Waals surface area contributed by atoms with Gasteiger partial charge in [-0.15, -0.1) is 0 Å². The number of nitrogens with zero attached hydrogens (tertiary/aromatic N) is 2. The van der Waals surface area contributed by atoms with Crippen molar-refractivity contribution in [2.24, 2.45) is 10.8 Å². The van der Waals surface area contributed by atoms with Gasteiger partial charge in [-0.1, -0.05) is 0 Å². The van der Waals surface area contributed by atoms with E-state index in [0.717, 1.165) is 6.07 Å². The van der Waals surface area contributed by atoms with Gasteiger partial charge >= 0.3 is 5.97 Å². The second-order valence-electron chi connectivity index (χ2n) is 3.59. The highest BCUT2D eigenvalue weighted by molar-refractivity contribution is 6.45. The fourth-order valence-electron chi connectivity index (χ4n) is 1.23.